The molecule has 0 spiro atoms. The third kappa shape index (κ3) is 7.27. The van der Waals surface area contributed by atoms with E-state index in [1.807, 2.05) is 79.1 Å². The van der Waals surface area contributed by atoms with Crippen LogP contribution in [0.1, 0.15) is 22.3 Å². The summed E-state index contributed by atoms with van der Waals surface area (Å²) in [6, 6.07) is 51.3. The van der Waals surface area contributed by atoms with Crippen LogP contribution in [0.4, 0.5) is 0 Å². The van der Waals surface area contributed by atoms with E-state index in [4.69, 9.17) is 19.4 Å². The summed E-state index contributed by atoms with van der Waals surface area (Å²) in [4.78, 5) is 19.0. The highest BCUT2D eigenvalue weighted by Crippen LogP contribution is 2.38. The molecule has 0 radical (unpaired) electrons. The molecule has 7 heteroatoms. The molecule has 0 saturated heterocycles. The monoisotopic (exact) mass is 791 g/mol. The van der Waals surface area contributed by atoms with Crippen molar-refractivity contribution in [2.45, 2.75) is 27.7 Å². The van der Waals surface area contributed by atoms with E-state index in [-0.39, 0.29) is 0 Å². The van der Waals surface area contributed by atoms with Gasteiger partial charge in [-0.1, -0.05) is 72.8 Å². The number of aryl methyl sites for hydroxylation is 4. The highest BCUT2D eigenvalue weighted by atomic mass is 16.5. The van der Waals surface area contributed by atoms with Crippen LogP contribution in [0.2, 0.25) is 0 Å². The molecular formula is C54H41N5O2. The summed E-state index contributed by atoms with van der Waals surface area (Å²) in [5.41, 5.74) is 15.1. The average Bonchev–Trinajstić information content (AvgIpc) is 3.60. The van der Waals surface area contributed by atoms with Crippen molar-refractivity contribution in [1.29, 1.82) is 0 Å². The maximum atomic E-state index is 6.54. The molecular weight excluding hydrogens is 751 g/mol. The zero-order chi connectivity index (χ0) is 41.5. The molecule has 4 aromatic heterocycles. The van der Waals surface area contributed by atoms with E-state index in [2.05, 4.69) is 127 Å². The van der Waals surface area contributed by atoms with Gasteiger partial charge in [-0.25, -0.2) is 9.97 Å². The van der Waals surface area contributed by atoms with E-state index in [1.54, 1.807) is 12.4 Å². The van der Waals surface area contributed by atoms with Gasteiger partial charge in [-0.2, -0.15) is 0 Å². The molecule has 7 nitrogen and oxygen atoms in total. The standard InChI is InChI=1S/C54H41N5O2/c1-34-10-5-11-35(2)52(34)40-18-24-48(57-32-40)38-14-7-16-42(28-38)60-44-20-22-46-47-23-21-45(31-51(47)59(50(46)30-44)54-55-26-9-27-56-54)61-43-17-8-15-39(29-43)49-25-19-41(33-58-49)53-36(3)12-6-13-37(53)4/h5-33H,1-4H3. The molecule has 0 amide bonds. The molecule has 6 aromatic carbocycles. The van der Waals surface area contributed by atoms with E-state index < -0.39 is 0 Å². The van der Waals surface area contributed by atoms with Gasteiger partial charge in [-0.05, 0) is 128 Å². The fraction of sp³-hybridized carbons (Fsp3) is 0.0741. The van der Waals surface area contributed by atoms with Gasteiger partial charge in [-0.15, -0.1) is 0 Å². The summed E-state index contributed by atoms with van der Waals surface area (Å²) in [5, 5.41) is 2.08. The third-order valence-corrected chi connectivity index (χ3v) is 11.3. The maximum absolute atomic E-state index is 6.54. The molecule has 0 aliphatic carbocycles. The number of fused-ring (bicyclic) bond motifs is 3. The lowest BCUT2D eigenvalue weighted by Gasteiger charge is -2.11. The van der Waals surface area contributed by atoms with E-state index >= 15 is 0 Å². The highest BCUT2D eigenvalue weighted by Gasteiger charge is 2.17. The Balaban J connectivity index is 0.942. The first-order chi connectivity index (χ1) is 29.9. The molecule has 0 unspecified atom stereocenters. The molecule has 10 aromatic rings. The molecule has 0 aliphatic rings. The third-order valence-electron chi connectivity index (χ3n) is 11.3. The van der Waals surface area contributed by atoms with Crippen molar-refractivity contribution in [3.63, 3.8) is 0 Å². The summed E-state index contributed by atoms with van der Waals surface area (Å²) in [5.74, 6) is 3.34. The van der Waals surface area contributed by atoms with Crippen LogP contribution in [-0.2, 0) is 0 Å². The number of pyridine rings is 2. The minimum Gasteiger partial charge on any atom is -0.457 e. The fourth-order valence-corrected chi connectivity index (χ4v) is 8.40. The van der Waals surface area contributed by atoms with Gasteiger partial charge in [0.25, 0.3) is 0 Å². The second-order valence-electron chi connectivity index (χ2n) is 15.4. The molecule has 294 valence electrons. The fourth-order valence-electron chi connectivity index (χ4n) is 8.40. The van der Waals surface area contributed by atoms with E-state index in [9.17, 15) is 0 Å². The number of hydrogen-bond acceptors (Lipinski definition) is 6. The van der Waals surface area contributed by atoms with Crippen LogP contribution in [0.5, 0.6) is 23.0 Å². The Hall–Kier alpha value is -7.90. The van der Waals surface area contributed by atoms with Crippen molar-refractivity contribution >= 4 is 21.8 Å². The van der Waals surface area contributed by atoms with Crippen molar-refractivity contribution in [1.82, 2.24) is 24.5 Å². The minimum absolute atomic E-state index is 0.548. The number of hydrogen-bond donors (Lipinski definition) is 0. The molecule has 0 fully saturated rings. The van der Waals surface area contributed by atoms with Gasteiger partial charge < -0.3 is 9.47 Å². The quantitative estimate of drug-likeness (QED) is 0.145. The Morgan fingerprint density at radius 2 is 0.803 bits per heavy atom. The molecule has 0 aliphatic heterocycles. The Morgan fingerprint density at radius 1 is 0.377 bits per heavy atom. The first-order valence-electron chi connectivity index (χ1n) is 20.3. The van der Waals surface area contributed by atoms with Crippen molar-refractivity contribution in [3.05, 3.63) is 199 Å². The summed E-state index contributed by atoms with van der Waals surface area (Å²) >= 11 is 0. The first kappa shape index (κ1) is 37.4. The van der Waals surface area contributed by atoms with Crippen molar-refractivity contribution in [2.75, 3.05) is 0 Å². The van der Waals surface area contributed by atoms with Gasteiger partial charge in [0, 0.05) is 69.9 Å². The Morgan fingerprint density at radius 3 is 1.23 bits per heavy atom. The van der Waals surface area contributed by atoms with Gasteiger partial charge in [-0.3, -0.25) is 14.5 Å². The van der Waals surface area contributed by atoms with Crippen LogP contribution in [-0.4, -0.2) is 24.5 Å². The predicted molar refractivity (Wildman–Crippen MR) is 246 cm³/mol. The molecule has 0 atom stereocenters. The largest absolute Gasteiger partial charge is 0.457 e. The van der Waals surface area contributed by atoms with Gasteiger partial charge in [0.05, 0.1) is 22.4 Å². The molecule has 0 saturated carbocycles. The number of nitrogens with zero attached hydrogens (tertiary/aromatic N) is 5. The van der Waals surface area contributed by atoms with Crippen LogP contribution in [0, 0.1) is 27.7 Å². The van der Waals surface area contributed by atoms with E-state index in [1.165, 1.54) is 33.4 Å². The normalized spacial score (nSPS) is 11.3. The lowest BCUT2D eigenvalue weighted by Crippen LogP contribution is -2.00. The van der Waals surface area contributed by atoms with Gasteiger partial charge in [0.2, 0.25) is 5.95 Å². The summed E-state index contributed by atoms with van der Waals surface area (Å²) in [6.45, 7) is 8.56. The number of rotatable bonds is 9. The van der Waals surface area contributed by atoms with Crippen LogP contribution >= 0.6 is 0 Å². The number of ether oxygens (including phenoxy) is 2. The van der Waals surface area contributed by atoms with Gasteiger partial charge in [0.15, 0.2) is 0 Å². The molecule has 0 bridgehead atoms. The lowest BCUT2D eigenvalue weighted by molar-refractivity contribution is 0.483. The average molecular weight is 792 g/mol. The van der Waals surface area contributed by atoms with Crippen LogP contribution in [0.25, 0.3) is 72.5 Å². The molecule has 4 heterocycles. The van der Waals surface area contributed by atoms with Crippen molar-refractivity contribution in [2.24, 2.45) is 0 Å². The maximum Gasteiger partial charge on any atom is 0.234 e. The number of benzene rings is 6. The summed E-state index contributed by atoms with van der Waals surface area (Å²) < 4.78 is 15.1. The number of aromatic nitrogens is 5. The highest BCUT2D eigenvalue weighted by molar-refractivity contribution is 6.09. The smallest absolute Gasteiger partial charge is 0.234 e. The Bertz CT molecular complexity index is 2990. The van der Waals surface area contributed by atoms with Gasteiger partial charge >= 0.3 is 0 Å². The summed E-state index contributed by atoms with van der Waals surface area (Å²) in [7, 11) is 0. The summed E-state index contributed by atoms with van der Waals surface area (Å²) in [6.07, 6.45) is 7.41. The van der Waals surface area contributed by atoms with Crippen molar-refractivity contribution < 1.29 is 9.47 Å². The minimum atomic E-state index is 0.548. The second kappa shape index (κ2) is 15.7. The topological polar surface area (TPSA) is 75.0 Å². The SMILES string of the molecule is Cc1cccc(C)c1-c1ccc(-c2cccc(Oc3ccc4c5ccc(Oc6cccc(-c7ccc(-c8c(C)cccc8C)cn7)c6)cc5n(-c5ncccn5)c4c3)c2)nc1. The molecule has 0 N–H and O–H groups in total. The first-order valence-corrected chi connectivity index (χ1v) is 20.3. The van der Waals surface area contributed by atoms with E-state index in [0.717, 1.165) is 55.4 Å². The van der Waals surface area contributed by atoms with Crippen LogP contribution in [0.15, 0.2) is 176 Å². The molecule has 61 heavy (non-hydrogen) atoms. The van der Waals surface area contributed by atoms with E-state index in [0.29, 0.717) is 28.9 Å². The Kier molecular flexibility index (Phi) is 9.62. The lowest BCUT2D eigenvalue weighted by atomic mass is 9.96. The van der Waals surface area contributed by atoms with Crippen molar-refractivity contribution in [3.8, 4) is 73.7 Å². The second-order valence-corrected chi connectivity index (χ2v) is 15.4. The zero-order valence-electron chi connectivity index (χ0n) is 34.3. The zero-order valence-corrected chi connectivity index (χ0v) is 34.3. The van der Waals surface area contributed by atoms with Gasteiger partial charge in [0.1, 0.15) is 23.0 Å². The van der Waals surface area contributed by atoms with Crippen LogP contribution < -0.4 is 9.47 Å². The predicted octanol–water partition coefficient (Wildman–Crippen LogP) is 13.8. The Labute approximate surface area is 354 Å². The molecule has 10 rings (SSSR count). The van der Waals surface area contributed by atoms with Crippen LogP contribution in [0.3, 0.4) is 0 Å².